The van der Waals surface area contributed by atoms with Crippen LogP contribution in [0.4, 0.5) is 4.39 Å². The number of halogens is 1. The highest BCUT2D eigenvalue weighted by molar-refractivity contribution is 7.89. The number of benzene rings is 1. The molecule has 9 heteroatoms. The Bertz CT molecular complexity index is 1030. The van der Waals surface area contributed by atoms with Crippen LogP contribution in [0.15, 0.2) is 29.2 Å². The van der Waals surface area contributed by atoms with E-state index in [1.54, 1.807) is 26.0 Å². The quantitative estimate of drug-likeness (QED) is 0.741. The summed E-state index contributed by atoms with van der Waals surface area (Å²) in [6.45, 7) is 5.67. The predicted octanol–water partition coefficient (Wildman–Crippen LogP) is 2.65. The molecule has 7 nitrogen and oxygen atoms in total. The van der Waals surface area contributed by atoms with E-state index in [0.29, 0.717) is 43.0 Å². The molecule has 3 heterocycles. The second-order valence-electron chi connectivity index (χ2n) is 8.10. The summed E-state index contributed by atoms with van der Waals surface area (Å²) in [4.78, 5) is 14.7. The topological polar surface area (TPSA) is 75.5 Å². The largest absolute Gasteiger partial charge is 0.342 e. The molecule has 0 atom stereocenters. The standard InChI is InChI=1S/C21H27FN4O3S/c1-15-20(16(2)26(23-15)19-7-5-18(22)6-8-19)30(28,29)25-13-9-17(10-14-25)21(27)24-11-3-4-12-24/h5-8,17H,3-4,9-14H2,1-2H3. The first-order valence-electron chi connectivity index (χ1n) is 10.4. The Morgan fingerprint density at radius 1 is 1.03 bits per heavy atom. The van der Waals surface area contributed by atoms with E-state index in [2.05, 4.69) is 5.10 Å². The normalized spacial score (nSPS) is 18.8. The molecule has 1 amide bonds. The van der Waals surface area contributed by atoms with Crippen molar-refractivity contribution in [1.29, 1.82) is 0 Å². The SMILES string of the molecule is Cc1nn(-c2ccc(F)cc2)c(C)c1S(=O)(=O)N1CCC(C(=O)N2CCCC2)CC1. The molecule has 0 aliphatic carbocycles. The highest BCUT2D eigenvalue weighted by Gasteiger charge is 2.36. The van der Waals surface area contributed by atoms with Gasteiger partial charge in [0.05, 0.1) is 17.1 Å². The summed E-state index contributed by atoms with van der Waals surface area (Å²) in [6.07, 6.45) is 3.18. The number of amides is 1. The van der Waals surface area contributed by atoms with Crippen LogP contribution >= 0.6 is 0 Å². The number of aromatic nitrogens is 2. The van der Waals surface area contributed by atoms with Crippen LogP contribution in [0.1, 0.15) is 37.1 Å². The van der Waals surface area contributed by atoms with Gasteiger partial charge in [0.25, 0.3) is 0 Å². The number of carbonyl (C=O) groups excluding carboxylic acids is 1. The number of nitrogens with zero attached hydrogens (tertiary/aromatic N) is 4. The zero-order valence-corrected chi connectivity index (χ0v) is 18.2. The minimum absolute atomic E-state index is 0.0984. The molecule has 4 rings (SSSR count). The fourth-order valence-electron chi connectivity index (χ4n) is 4.50. The molecule has 2 fully saturated rings. The minimum atomic E-state index is -3.74. The van der Waals surface area contributed by atoms with Crippen LogP contribution in [0.25, 0.3) is 5.69 Å². The Morgan fingerprint density at radius 3 is 2.23 bits per heavy atom. The highest BCUT2D eigenvalue weighted by atomic mass is 32.2. The molecule has 0 radical (unpaired) electrons. The van der Waals surface area contributed by atoms with Crippen LogP contribution in [-0.4, -0.2) is 59.5 Å². The van der Waals surface area contributed by atoms with Gasteiger partial charge in [-0.2, -0.15) is 9.40 Å². The zero-order chi connectivity index (χ0) is 21.5. The summed E-state index contributed by atoms with van der Waals surface area (Å²) in [5.74, 6) is -0.292. The summed E-state index contributed by atoms with van der Waals surface area (Å²) in [6, 6.07) is 5.78. The number of likely N-dealkylation sites (tertiary alicyclic amines) is 1. The molecule has 162 valence electrons. The predicted molar refractivity (Wildman–Crippen MR) is 110 cm³/mol. The number of hydrogen-bond donors (Lipinski definition) is 0. The van der Waals surface area contributed by atoms with Crippen LogP contribution < -0.4 is 0 Å². The Balaban J connectivity index is 1.53. The number of rotatable bonds is 4. The third-order valence-electron chi connectivity index (χ3n) is 6.11. The lowest BCUT2D eigenvalue weighted by atomic mass is 9.97. The van der Waals surface area contributed by atoms with Gasteiger partial charge in [0.2, 0.25) is 15.9 Å². The first-order chi connectivity index (χ1) is 14.3. The van der Waals surface area contributed by atoms with Gasteiger partial charge in [-0.15, -0.1) is 0 Å². The van der Waals surface area contributed by atoms with E-state index in [1.165, 1.54) is 21.1 Å². The van der Waals surface area contributed by atoms with Crippen molar-refractivity contribution in [2.24, 2.45) is 5.92 Å². The molecule has 0 bridgehead atoms. The van der Waals surface area contributed by atoms with Crippen LogP contribution in [0.5, 0.6) is 0 Å². The molecule has 0 spiro atoms. The van der Waals surface area contributed by atoms with Gasteiger partial charge in [0, 0.05) is 32.1 Å². The molecule has 2 saturated heterocycles. The number of aryl methyl sites for hydroxylation is 1. The third-order valence-corrected chi connectivity index (χ3v) is 8.27. The maximum Gasteiger partial charge on any atom is 0.246 e. The van der Waals surface area contributed by atoms with E-state index in [9.17, 15) is 17.6 Å². The van der Waals surface area contributed by atoms with Crippen LogP contribution in [0, 0.1) is 25.6 Å². The van der Waals surface area contributed by atoms with Crippen molar-refractivity contribution in [3.05, 3.63) is 41.5 Å². The fourth-order valence-corrected chi connectivity index (χ4v) is 6.33. The Kier molecular flexibility index (Phi) is 5.67. The average molecular weight is 435 g/mol. The van der Waals surface area contributed by atoms with Gasteiger partial charge < -0.3 is 4.90 Å². The lowest BCUT2D eigenvalue weighted by molar-refractivity contribution is -0.135. The molecule has 0 unspecified atom stereocenters. The smallest absolute Gasteiger partial charge is 0.246 e. The number of carbonyl (C=O) groups is 1. The van der Waals surface area contributed by atoms with Gasteiger partial charge in [-0.05, 0) is 63.8 Å². The van der Waals surface area contributed by atoms with Gasteiger partial charge >= 0.3 is 0 Å². The van der Waals surface area contributed by atoms with E-state index >= 15 is 0 Å². The molecule has 2 aliphatic heterocycles. The average Bonchev–Trinajstić information content (AvgIpc) is 3.36. The lowest BCUT2D eigenvalue weighted by Gasteiger charge is -2.32. The first-order valence-corrected chi connectivity index (χ1v) is 11.8. The first kappa shape index (κ1) is 21.0. The Morgan fingerprint density at radius 2 is 1.63 bits per heavy atom. The Hall–Kier alpha value is -2.26. The Labute approximate surface area is 176 Å². The van der Waals surface area contributed by atoms with Crippen LogP contribution in [-0.2, 0) is 14.8 Å². The van der Waals surface area contributed by atoms with Crippen molar-refractivity contribution >= 4 is 15.9 Å². The van der Waals surface area contributed by atoms with Gasteiger partial charge in [-0.3, -0.25) is 4.79 Å². The van der Waals surface area contributed by atoms with E-state index < -0.39 is 10.0 Å². The highest BCUT2D eigenvalue weighted by Crippen LogP contribution is 2.30. The molecule has 1 aromatic carbocycles. The van der Waals surface area contributed by atoms with Crippen molar-refractivity contribution in [2.45, 2.75) is 44.4 Å². The molecular formula is C21H27FN4O3S. The minimum Gasteiger partial charge on any atom is -0.342 e. The summed E-state index contributed by atoms with van der Waals surface area (Å²) < 4.78 is 43.0. The molecule has 2 aliphatic rings. The second-order valence-corrected chi connectivity index (χ2v) is 9.97. The molecule has 0 saturated carbocycles. The molecule has 30 heavy (non-hydrogen) atoms. The number of sulfonamides is 1. The van der Waals surface area contributed by atoms with Crippen LogP contribution in [0.2, 0.25) is 0 Å². The maximum atomic E-state index is 13.4. The number of piperidine rings is 1. The molecule has 2 aromatic rings. The molecular weight excluding hydrogens is 407 g/mol. The van der Waals surface area contributed by atoms with Crippen molar-refractivity contribution in [1.82, 2.24) is 19.0 Å². The van der Waals surface area contributed by atoms with E-state index in [-0.39, 0.29) is 22.5 Å². The van der Waals surface area contributed by atoms with Crippen molar-refractivity contribution in [2.75, 3.05) is 26.2 Å². The fraction of sp³-hybridized carbons (Fsp3) is 0.524. The van der Waals surface area contributed by atoms with Gasteiger partial charge in [0.1, 0.15) is 10.7 Å². The van der Waals surface area contributed by atoms with E-state index in [1.807, 2.05) is 4.90 Å². The van der Waals surface area contributed by atoms with E-state index in [4.69, 9.17) is 0 Å². The monoisotopic (exact) mass is 434 g/mol. The van der Waals surface area contributed by atoms with Crippen molar-refractivity contribution in [3.8, 4) is 5.69 Å². The molecule has 1 aromatic heterocycles. The summed E-state index contributed by atoms with van der Waals surface area (Å²) >= 11 is 0. The summed E-state index contributed by atoms with van der Waals surface area (Å²) in [5, 5.41) is 4.39. The van der Waals surface area contributed by atoms with Gasteiger partial charge in [-0.25, -0.2) is 17.5 Å². The summed E-state index contributed by atoms with van der Waals surface area (Å²) in [7, 11) is -3.74. The summed E-state index contributed by atoms with van der Waals surface area (Å²) in [5.41, 5.74) is 1.51. The molecule has 0 N–H and O–H groups in total. The zero-order valence-electron chi connectivity index (χ0n) is 17.3. The lowest BCUT2D eigenvalue weighted by Crippen LogP contribution is -2.43. The maximum absolute atomic E-state index is 13.4. The second kappa shape index (κ2) is 8.11. The van der Waals surface area contributed by atoms with Gasteiger partial charge in [-0.1, -0.05) is 0 Å². The van der Waals surface area contributed by atoms with Crippen molar-refractivity contribution in [3.63, 3.8) is 0 Å². The van der Waals surface area contributed by atoms with E-state index in [0.717, 1.165) is 25.9 Å². The van der Waals surface area contributed by atoms with Crippen LogP contribution in [0.3, 0.4) is 0 Å². The third kappa shape index (κ3) is 3.76. The number of hydrogen-bond acceptors (Lipinski definition) is 4. The van der Waals surface area contributed by atoms with Gasteiger partial charge in [0.15, 0.2) is 0 Å². The van der Waals surface area contributed by atoms with Crippen molar-refractivity contribution < 1.29 is 17.6 Å².